The molecule has 0 radical (unpaired) electrons. The maximum atomic E-state index is 13.0. The van der Waals surface area contributed by atoms with Crippen LogP contribution in [0, 0.1) is 86.3 Å². The summed E-state index contributed by atoms with van der Waals surface area (Å²) in [6, 6.07) is 2.25. The maximum Gasteiger partial charge on any atom is 0.257 e. The molecule has 1 saturated carbocycles. The summed E-state index contributed by atoms with van der Waals surface area (Å²) in [5, 5.41) is 8.68. The SMILES string of the molecule is CC(C)C1(C(C)C)CCN(CC#N)CC1.CC(C)C1(C(C)C)CCN(CC(C)(F)F)CC1.CC(C)C1(C(C)C)CCN(S(=O)(=O)CC2CC2)CC1.CC(C)C1(C(C)C)CCN(S(C)(=O)=O)CC1. The Bertz CT molecular complexity index is 1660. The molecular formula is C54H105F2N5O4S2. The minimum atomic E-state index is -2.99. The zero-order valence-electron chi connectivity index (χ0n) is 46.5. The highest BCUT2D eigenvalue weighted by atomic mass is 32.2. The van der Waals surface area contributed by atoms with Gasteiger partial charge in [0.05, 0.1) is 31.2 Å². The molecule has 13 heteroatoms. The van der Waals surface area contributed by atoms with Crippen molar-refractivity contribution < 1.29 is 25.6 Å². The largest absolute Gasteiger partial charge is 0.297 e. The monoisotopic (exact) mass is 990 g/mol. The van der Waals surface area contributed by atoms with Crippen molar-refractivity contribution in [1.29, 1.82) is 5.26 Å². The summed E-state index contributed by atoms with van der Waals surface area (Å²) >= 11 is 0. The Hall–Kier alpha value is -0.910. The van der Waals surface area contributed by atoms with Crippen LogP contribution in [0.15, 0.2) is 0 Å². The molecule has 5 fully saturated rings. The molecule has 0 aromatic carbocycles. The van der Waals surface area contributed by atoms with E-state index in [4.69, 9.17) is 5.26 Å². The number of nitrogens with zero attached hydrogens (tertiary/aromatic N) is 5. The molecule has 0 bridgehead atoms. The normalized spacial score (nSPS) is 23.2. The van der Waals surface area contributed by atoms with E-state index < -0.39 is 26.0 Å². The molecule has 396 valence electrons. The molecule has 0 amide bonds. The fourth-order valence-corrected chi connectivity index (χ4v) is 15.9. The van der Waals surface area contributed by atoms with Crippen molar-refractivity contribution in [1.82, 2.24) is 18.4 Å². The van der Waals surface area contributed by atoms with Crippen LogP contribution in [0.2, 0.25) is 0 Å². The van der Waals surface area contributed by atoms with Crippen LogP contribution in [0.3, 0.4) is 0 Å². The molecule has 67 heavy (non-hydrogen) atoms. The number of likely N-dealkylation sites (tertiary alicyclic amines) is 2. The van der Waals surface area contributed by atoms with Crippen molar-refractivity contribution in [2.24, 2.45) is 74.9 Å². The van der Waals surface area contributed by atoms with E-state index >= 15 is 0 Å². The third-order valence-electron chi connectivity index (χ3n) is 18.9. The minimum absolute atomic E-state index is 0.0841. The highest BCUT2D eigenvalue weighted by molar-refractivity contribution is 7.89. The number of hydrogen-bond acceptors (Lipinski definition) is 7. The van der Waals surface area contributed by atoms with E-state index in [0.717, 1.165) is 109 Å². The van der Waals surface area contributed by atoms with Crippen molar-refractivity contribution >= 4 is 20.0 Å². The zero-order valence-corrected chi connectivity index (χ0v) is 48.1. The zero-order chi connectivity index (χ0) is 51.6. The molecule has 4 heterocycles. The molecule has 0 unspecified atom stereocenters. The van der Waals surface area contributed by atoms with Crippen LogP contribution in [-0.4, -0.2) is 119 Å². The molecule has 0 atom stereocenters. The van der Waals surface area contributed by atoms with Gasteiger partial charge in [-0.1, -0.05) is 111 Å². The van der Waals surface area contributed by atoms with Crippen LogP contribution in [0.5, 0.6) is 0 Å². The quantitative estimate of drug-likeness (QED) is 0.151. The van der Waals surface area contributed by atoms with Crippen LogP contribution in [0.4, 0.5) is 8.78 Å². The van der Waals surface area contributed by atoms with E-state index in [2.05, 4.69) is 122 Å². The molecule has 0 aromatic heterocycles. The first-order valence-corrected chi connectivity index (χ1v) is 30.3. The smallest absolute Gasteiger partial charge is 0.257 e. The van der Waals surface area contributed by atoms with Gasteiger partial charge in [0.2, 0.25) is 20.0 Å². The van der Waals surface area contributed by atoms with Crippen molar-refractivity contribution in [3.05, 3.63) is 0 Å². The van der Waals surface area contributed by atoms with Crippen molar-refractivity contribution in [3.8, 4) is 6.07 Å². The number of hydrogen-bond donors (Lipinski definition) is 0. The average Bonchev–Trinajstić information content (AvgIpc) is 4.04. The van der Waals surface area contributed by atoms with Gasteiger partial charge in [0.25, 0.3) is 5.92 Å². The van der Waals surface area contributed by atoms with Gasteiger partial charge in [-0.25, -0.2) is 34.2 Å². The van der Waals surface area contributed by atoms with Crippen molar-refractivity contribution in [2.75, 3.05) is 77.5 Å². The number of rotatable bonds is 15. The molecule has 4 saturated heterocycles. The van der Waals surface area contributed by atoms with Gasteiger partial charge in [0, 0.05) is 33.1 Å². The lowest BCUT2D eigenvalue weighted by Gasteiger charge is -2.48. The van der Waals surface area contributed by atoms with E-state index in [1.165, 1.54) is 19.1 Å². The van der Waals surface area contributed by atoms with E-state index in [1.807, 2.05) is 4.90 Å². The molecule has 5 rings (SSSR count). The number of halogens is 2. The predicted molar refractivity (Wildman–Crippen MR) is 279 cm³/mol. The Morgan fingerprint density at radius 3 is 1.01 bits per heavy atom. The molecule has 0 spiro atoms. The van der Waals surface area contributed by atoms with Gasteiger partial charge < -0.3 is 0 Å². The Kier molecular flexibility index (Phi) is 23.8. The Morgan fingerprint density at radius 2 is 0.776 bits per heavy atom. The summed E-state index contributed by atoms with van der Waals surface area (Å²) in [7, 11) is -5.98. The average molecular weight is 991 g/mol. The molecular weight excluding hydrogens is 885 g/mol. The van der Waals surface area contributed by atoms with Gasteiger partial charge in [-0.3, -0.25) is 9.80 Å². The second-order valence-electron chi connectivity index (χ2n) is 24.7. The fraction of sp³-hybridized carbons (Fsp3) is 0.981. The standard InChI is InChI=1S/C15H29NO2S.C14H27F2N.C13H24N2.C12H25NO2S/c1-12(2)15(13(3)4)7-9-16(10-8-15)19(17,18)11-14-5-6-14;1-11(2)14(12(3)4)6-8-17(9-7-14)10-13(5,15)16;1-11(2)13(12(3)4)5-8-15(9-6-13)10-7-14;1-10(2)12(11(3)4)6-8-13(9-7-12)16(5,14)15/h12-14H,5-11H2,1-4H3;11-12H,6-10H2,1-5H3;11-12H,5-6,8-10H2,1-4H3;10-11H,6-9H2,1-5H3. The Morgan fingerprint density at radius 1 is 0.507 bits per heavy atom. The number of alkyl halides is 2. The Labute approximate surface area is 413 Å². The first-order chi connectivity index (χ1) is 30.7. The van der Waals surface area contributed by atoms with Crippen LogP contribution in [0.1, 0.15) is 182 Å². The molecule has 0 aromatic rings. The van der Waals surface area contributed by atoms with Gasteiger partial charge >= 0.3 is 0 Å². The van der Waals surface area contributed by atoms with Gasteiger partial charge in [0.15, 0.2) is 0 Å². The summed E-state index contributed by atoms with van der Waals surface area (Å²) in [4.78, 5) is 4.20. The lowest BCUT2D eigenvalue weighted by molar-refractivity contribution is -0.0460. The van der Waals surface area contributed by atoms with Crippen LogP contribution >= 0.6 is 0 Å². The van der Waals surface area contributed by atoms with E-state index in [1.54, 1.807) is 8.61 Å². The summed E-state index contributed by atoms with van der Waals surface area (Å²) in [6.45, 7) is 44.9. The first-order valence-electron chi connectivity index (χ1n) is 26.8. The highest BCUT2D eigenvalue weighted by Gasteiger charge is 2.45. The van der Waals surface area contributed by atoms with Crippen LogP contribution in [-0.2, 0) is 20.0 Å². The van der Waals surface area contributed by atoms with Gasteiger partial charge in [-0.2, -0.15) is 5.26 Å². The minimum Gasteiger partial charge on any atom is -0.297 e. The third-order valence-corrected chi connectivity index (χ3v) is 22.2. The van der Waals surface area contributed by atoms with Gasteiger partial charge in [-0.15, -0.1) is 0 Å². The number of sulfonamides is 2. The molecule has 4 aliphatic heterocycles. The lowest BCUT2D eigenvalue weighted by atomic mass is 9.63. The van der Waals surface area contributed by atoms with Crippen molar-refractivity contribution in [3.63, 3.8) is 0 Å². The molecule has 0 N–H and O–H groups in total. The maximum absolute atomic E-state index is 13.0. The Balaban J connectivity index is 0.000000308. The van der Waals surface area contributed by atoms with Crippen LogP contribution < -0.4 is 0 Å². The topological polar surface area (TPSA) is 105 Å². The van der Waals surface area contributed by atoms with Crippen LogP contribution in [0.25, 0.3) is 0 Å². The summed E-state index contributed by atoms with van der Waals surface area (Å²) in [6.07, 6.45) is 12.2. The van der Waals surface area contributed by atoms with Gasteiger partial charge in [-0.05, 0) is 165 Å². The fourth-order valence-electron chi connectivity index (χ4n) is 13.1. The summed E-state index contributed by atoms with van der Waals surface area (Å²) in [5.74, 6) is 3.54. The summed E-state index contributed by atoms with van der Waals surface area (Å²) in [5.41, 5.74) is 1.50. The lowest BCUT2D eigenvalue weighted by Crippen LogP contribution is -2.48. The highest BCUT2D eigenvalue weighted by Crippen LogP contribution is 2.48. The summed E-state index contributed by atoms with van der Waals surface area (Å²) < 4.78 is 76.9. The third kappa shape index (κ3) is 17.1. The van der Waals surface area contributed by atoms with E-state index in [9.17, 15) is 25.6 Å². The molecule has 9 nitrogen and oxygen atoms in total. The molecule has 5 aliphatic rings. The molecule has 1 aliphatic carbocycles. The predicted octanol–water partition coefficient (Wildman–Crippen LogP) is 12.4. The number of piperidine rings is 4. The van der Waals surface area contributed by atoms with Crippen molar-refractivity contribution in [2.45, 2.75) is 188 Å². The second kappa shape index (κ2) is 25.7. The van der Waals surface area contributed by atoms with Gasteiger partial charge in [0.1, 0.15) is 0 Å². The van der Waals surface area contributed by atoms with E-state index in [-0.39, 0.29) is 6.54 Å². The van der Waals surface area contributed by atoms with E-state index in [0.29, 0.717) is 88.5 Å². The number of nitriles is 1. The second-order valence-corrected chi connectivity index (χ2v) is 28.7. The first kappa shape index (κ1) is 62.2.